The van der Waals surface area contributed by atoms with Crippen LogP contribution in [0, 0.1) is 6.92 Å². The zero-order chi connectivity index (χ0) is 22.3. The average molecular weight is 431 g/mol. The highest BCUT2D eigenvalue weighted by molar-refractivity contribution is 5.97. The van der Waals surface area contributed by atoms with Crippen LogP contribution >= 0.6 is 0 Å². The molecule has 4 aromatic rings. The van der Waals surface area contributed by atoms with Crippen molar-refractivity contribution in [1.29, 1.82) is 0 Å². The summed E-state index contributed by atoms with van der Waals surface area (Å²) in [7, 11) is 1.74. The lowest BCUT2D eigenvalue weighted by Crippen LogP contribution is -2.54. The van der Waals surface area contributed by atoms with E-state index in [-0.39, 0.29) is 12.5 Å². The van der Waals surface area contributed by atoms with Gasteiger partial charge in [0.15, 0.2) is 0 Å². The van der Waals surface area contributed by atoms with Crippen LogP contribution in [0.15, 0.2) is 48.8 Å². The second-order valence-electron chi connectivity index (χ2n) is 8.67. The number of anilines is 1. The summed E-state index contributed by atoms with van der Waals surface area (Å²) in [5, 5.41) is 11.4. The number of carbonyl (C=O) groups is 1. The third-order valence-electron chi connectivity index (χ3n) is 6.10. The number of carbonyl (C=O) groups excluding carboxylic acids is 1. The second-order valence-corrected chi connectivity index (χ2v) is 8.67. The maximum absolute atomic E-state index is 13.1. The van der Waals surface area contributed by atoms with Gasteiger partial charge in [-0.15, -0.1) is 0 Å². The molecule has 8 nitrogen and oxygen atoms in total. The lowest BCUT2D eigenvalue weighted by atomic mass is 9.91. The van der Waals surface area contributed by atoms with Crippen molar-refractivity contribution in [3.8, 4) is 0 Å². The lowest BCUT2D eigenvalue weighted by Gasteiger charge is -2.42. The summed E-state index contributed by atoms with van der Waals surface area (Å²) >= 11 is 0. The number of nitrogens with one attached hydrogen (secondary N) is 1. The number of piperidine rings is 1. The maximum Gasteiger partial charge on any atom is 0.253 e. The van der Waals surface area contributed by atoms with Gasteiger partial charge in [-0.25, -0.2) is 4.98 Å². The van der Waals surface area contributed by atoms with Crippen molar-refractivity contribution in [2.45, 2.75) is 25.4 Å². The minimum absolute atomic E-state index is 0.124. The number of benzene rings is 1. The van der Waals surface area contributed by atoms with Crippen LogP contribution in [0.2, 0.25) is 0 Å². The minimum atomic E-state index is -1.01. The molecule has 4 heterocycles. The summed E-state index contributed by atoms with van der Waals surface area (Å²) < 4.78 is 0. The van der Waals surface area contributed by atoms with E-state index in [2.05, 4.69) is 24.8 Å². The monoisotopic (exact) mass is 430 g/mol. The number of aromatic amines is 1. The molecule has 2 N–H and O–H groups in total. The number of hydrogen-bond donors (Lipinski definition) is 2. The molecule has 0 radical (unpaired) electrons. The van der Waals surface area contributed by atoms with Gasteiger partial charge in [0.1, 0.15) is 11.3 Å². The first-order valence-electron chi connectivity index (χ1n) is 10.8. The number of aliphatic hydroxyl groups is 1. The van der Waals surface area contributed by atoms with E-state index >= 15 is 0 Å². The zero-order valence-corrected chi connectivity index (χ0v) is 18.2. The van der Waals surface area contributed by atoms with Gasteiger partial charge in [0.25, 0.3) is 5.91 Å². The number of fused-ring (bicyclic) bond motifs is 2. The van der Waals surface area contributed by atoms with Gasteiger partial charge >= 0.3 is 0 Å². The number of aromatic nitrogens is 4. The number of nitrogens with zero attached hydrogens (tertiary/aromatic N) is 5. The molecular weight excluding hydrogens is 404 g/mol. The van der Waals surface area contributed by atoms with E-state index in [0.29, 0.717) is 18.5 Å². The number of imidazole rings is 1. The van der Waals surface area contributed by atoms with Crippen molar-refractivity contribution in [3.63, 3.8) is 0 Å². The number of β-amino-alcohol motifs (C(OH)–C–C–N with tert-alkyl or cyclic N) is 1. The SMILES string of the molecule is Cc1nc2ccc(C(=O)N(C)C[C@@]3(O)CCCN(c4ccnc5cccnc45)C3)cc2[nH]1. The molecule has 0 spiro atoms. The Morgan fingerprint density at radius 1 is 1.22 bits per heavy atom. The van der Waals surface area contributed by atoms with Gasteiger partial charge in [0.05, 0.1) is 34.4 Å². The van der Waals surface area contributed by atoms with Crippen molar-refractivity contribution in [3.05, 3.63) is 60.2 Å². The van der Waals surface area contributed by atoms with Gasteiger partial charge in [-0.05, 0) is 56.2 Å². The van der Waals surface area contributed by atoms with Crippen molar-refractivity contribution >= 4 is 33.7 Å². The summed E-state index contributed by atoms with van der Waals surface area (Å²) in [5.74, 6) is 0.688. The summed E-state index contributed by atoms with van der Waals surface area (Å²) in [5.41, 5.74) is 3.85. The molecule has 3 aromatic heterocycles. The van der Waals surface area contributed by atoms with Gasteiger partial charge < -0.3 is 19.9 Å². The van der Waals surface area contributed by atoms with Gasteiger partial charge in [-0.3, -0.25) is 14.8 Å². The van der Waals surface area contributed by atoms with Crippen LogP contribution < -0.4 is 4.90 Å². The standard InChI is InChI=1S/C24H26N6O2/c1-16-27-18-7-6-17(13-20(18)28-16)23(31)29(2)14-24(32)9-4-12-30(15-24)21-8-11-25-19-5-3-10-26-22(19)21/h3,5-8,10-11,13,32H,4,9,12,14-15H2,1-2H3,(H,27,28)/t24-/m0/s1. The van der Waals surface area contributed by atoms with Gasteiger partial charge in [0, 0.05) is 38.1 Å². The Morgan fingerprint density at radius 2 is 2.09 bits per heavy atom. The van der Waals surface area contributed by atoms with Gasteiger partial charge in [-0.1, -0.05) is 0 Å². The third-order valence-corrected chi connectivity index (χ3v) is 6.10. The molecule has 0 unspecified atom stereocenters. The fraction of sp³-hybridized carbons (Fsp3) is 0.333. The number of amides is 1. The molecule has 5 rings (SSSR count). The van der Waals surface area contributed by atoms with E-state index in [9.17, 15) is 9.90 Å². The molecule has 1 saturated heterocycles. The van der Waals surface area contributed by atoms with Gasteiger partial charge in [-0.2, -0.15) is 0 Å². The largest absolute Gasteiger partial charge is 0.386 e. The molecule has 1 fully saturated rings. The van der Waals surface area contributed by atoms with E-state index in [1.165, 1.54) is 0 Å². The zero-order valence-electron chi connectivity index (χ0n) is 18.2. The number of hydrogen-bond acceptors (Lipinski definition) is 6. The molecule has 0 bridgehead atoms. The number of H-pyrrole nitrogens is 1. The maximum atomic E-state index is 13.1. The van der Waals surface area contributed by atoms with Crippen LogP contribution in [0.5, 0.6) is 0 Å². The first-order valence-corrected chi connectivity index (χ1v) is 10.8. The van der Waals surface area contributed by atoms with Crippen LogP contribution in [0.4, 0.5) is 5.69 Å². The smallest absolute Gasteiger partial charge is 0.253 e. The van der Waals surface area contributed by atoms with Crippen molar-refractivity contribution in [1.82, 2.24) is 24.8 Å². The Kier molecular flexibility index (Phi) is 5.01. The normalized spacial score (nSPS) is 18.9. The Labute approximate surface area is 185 Å². The molecule has 0 aliphatic carbocycles. The topological polar surface area (TPSA) is 98.2 Å². The average Bonchev–Trinajstić information content (AvgIpc) is 3.17. The molecule has 1 aliphatic heterocycles. The summed E-state index contributed by atoms with van der Waals surface area (Å²) in [6.45, 7) is 3.39. The highest BCUT2D eigenvalue weighted by Crippen LogP contribution is 2.30. The molecule has 0 saturated carbocycles. The molecule has 1 aliphatic rings. The summed E-state index contributed by atoms with van der Waals surface area (Å²) in [4.78, 5) is 33.3. The van der Waals surface area contributed by atoms with Crippen LogP contribution in [0.25, 0.3) is 22.1 Å². The highest BCUT2D eigenvalue weighted by Gasteiger charge is 2.36. The quantitative estimate of drug-likeness (QED) is 0.517. The molecule has 1 aromatic carbocycles. The minimum Gasteiger partial charge on any atom is -0.386 e. The van der Waals surface area contributed by atoms with Crippen LogP contribution in [0.1, 0.15) is 29.0 Å². The van der Waals surface area contributed by atoms with Gasteiger partial charge in [0.2, 0.25) is 0 Å². The predicted molar refractivity (Wildman–Crippen MR) is 124 cm³/mol. The Hall–Kier alpha value is -3.52. The first kappa shape index (κ1) is 20.4. The van der Waals surface area contributed by atoms with E-state index in [4.69, 9.17) is 0 Å². The molecule has 1 atom stereocenters. The molecule has 164 valence electrons. The fourth-order valence-corrected chi connectivity index (χ4v) is 4.67. The number of rotatable bonds is 4. The fourth-order valence-electron chi connectivity index (χ4n) is 4.67. The van der Waals surface area contributed by atoms with Crippen molar-refractivity contribution in [2.24, 2.45) is 0 Å². The van der Waals surface area contributed by atoms with Crippen LogP contribution in [-0.4, -0.2) is 68.1 Å². The second kappa shape index (κ2) is 7.87. The Bertz CT molecular complexity index is 1300. The molecule has 1 amide bonds. The number of likely N-dealkylation sites (N-methyl/N-ethyl adjacent to an activating group) is 1. The summed E-state index contributed by atoms with van der Waals surface area (Å²) in [6, 6.07) is 11.2. The van der Waals surface area contributed by atoms with E-state index in [1.54, 1.807) is 30.4 Å². The molecule has 8 heteroatoms. The van der Waals surface area contributed by atoms with Crippen LogP contribution in [0.3, 0.4) is 0 Å². The highest BCUT2D eigenvalue weighted by atomic mass is 16.3. The number of aryl methyl sites for hydroxylation is 1. The van der Waals surface area contributed by atoms with E-state index < -0.39 is 5.60 Å². The predicted octanol–water partition coefficient (Wildman–Crippen LogP) is 2.92. The lowest BCUT2D eigenvalue weighted by molar-refractivity contribution is 0.0000674. The Morgan fingerprint density at radius 3 is 2.97 bits per heavy atom. The summed E-state index contributed by atoms with van der Waals surface area (Å²) in [6.07, 6.45) is 5.00. The Balaban J connectivity index is 1.35. The molecule has 32 heavy (non-hydrogen) atoms. The van der Waals surface area contributed by atoms with Crippen LogP contribution in [-0.2, 0) is 0 Å². The van der Waals surface area contributed by atoms with E-state index in [0.717, 1.165) is 46.5 Å². The van der Waals surface area contributed by atoms with Crippen molar-refractivity contribution < 1.29 is 9.90 Å². The first-order chi connectivity index (χ1) is 15.4. The van der Waals surface area contributed by atoms with E-state index in [1.807, 2.05) is 37.3 Å². The number of pyridine rings is 2. The molecular formula is C24H26N6O2. The van der Waals surface area contributed by atoms with Crippen molar-refractivity contribution in [2.75, 3.05) is 31.6 Å². The third kappa shape index (κ3) is 3.78.